The molecule has 1 heterocycles. The molecule has 0 bridgehead atoms. The van der Waals surface area contributed by atoms with Crippen LogP contribution in [0, 0.1) is 5.82 Å². The van der Waals surface area contributed by atoms with Crippen LogP contribution < -0.4 is 14.9 Å². The minimum atomic E-state index is -3.69. The van der Waals surface area contributed by atoms with Crippen molar-refractivity contribution in [2.24, 2.45) is 0 Å². The molecule has 1 aromatic heterocycles. The molecule has 2 rings (SSSR count). The first-order chi connectivity index (χ1) is 28.7. The Morgan fingerprint density at radius 3 is 1.95 bits per heavy atom. The number of carbonyl (C=O) groups excluding carboxylic acids is 2. The molecule has 2 amide bonds. The van der Waals surface area contributed by atoms with Crippen molar-refractivity contribution in [3.63, 3.8) is 0 Å². The van der Waals surface area contributed by atoms with Crippen molar-refractivity contribution in [2.75, 3.05) is 43.9 Å². The van der Waals surface area contributed by atoms with Gasteiger partial charge in [0, 0.05) is 44.1 Å². The quantitative estimate of drug-likeness (QED) is 0.0479. The summed E-state index contributed by atoms with van der Waals surface area (Å²) in [7, 11) is -2.35. The van der Waals surface area contributed by atoms with Gasteiger partial charge in [-0.1, -0.05) is 93.7 Å². The van der Waals surface area contributed by atoms with Crippen LogP contribution in [0.25, 0.3) is 17.3 Å². The maximum Gasteiger partial charge on any atom is 0.239 e. The van der Waals surface area contributed by atoms with Gasteiger partial charge in [-0.3, -0.25) is 9.59 Å². The number of benzene rings is 1. The number of allylic oxidation sites excluding steroid dienone is 10. The Balaban J connectivity index is 1.67. The molecule has 0 aliphatic rings. The second kappa shape index (κ2) is 29.5. The summed E-state index contributed by atoms with van der Waals surface area (Å²) in [5.41, 5.74) is 1.83. The van der Waals surface area contributed by atoms with Gasteiger partial charge in [0.25, 0.3) is 0 Å². The number of carbonyl (C=O) groups is 2. The number of hydrogen-bond acceptors (Lipinski definition) is 9. The number of sulfonamides is 1. The molecule has 0 saturated heterocycles. The fourth-order valence-electron chi connectivity index (χ4n) is 5.59. The van der Waals surface area contributed by atoms with Crippen molar-refractivity contribution < 1.29 is 37.3 Å². The smallest absolute Gasteiger partial charge is 0.239 e. The number of anilines is 1. The summed E-state index contributed by atoms with van der Waals surface area (Å²) in [5.74, 6) is -1.16. The van der Waals surface area contributed by atoms with Gasteiger partial charge in [0.05, 0.1) is 49.5 Å². The van der Waals surface area contributed by atoms with E-state index >= 15 is 0 Å². The Morgan fingerprint density at radius 2 is 1.40 bits per heavy atom. The lowest BCUT2D eigenvalue weighted by atomic mass is 9.97. The minimum absolute atomic E-state index is 0.0392. The highest BCUT2D eigenvalue weighted by molar-refractivity contribution is 7.92. The summed E-state index contributed by atoms with van der Waals surface area (Å²) in [4.78, 5) is 33.5. The molecular formula is C46H66FN5O7S. The summed E-state index contributed by atoms with van der Waals surface area (Å²) in [5, 5.41) is 26.8. The summed E-state index contributed by atoms with van der Waals surface area (Å²) >= 11 is 0. The van der Waals surface area contributed by atoms with Crippen molar-refractivity contribution in [3.05, 3.63) is 108 Å². The second-order valence-electron chi connectivity index (χ2n) is 14.5. The zero-order valence-corrected chi connectivity index (χ0v) is 36.7. The van der Waals surface area contributed by atoms with Crippen LogP contribution >= 0.6 is 0 Å². The molecule has 330 valence electrons. The number of nitrogens with one attached hydrogen (secondary N) is 2. The average molecular weight is 852 g/mol. The van der Waals surface area contributed by atoms with E-state index in [0.717, 1.165) is 55.5 Å². The van der Waals surface area contributed by atoms with Crippen molar-refractivity contribution >= 4 is 33.9 Å². The molecule has 0 spiro atoms. The number of unbranched alkanes of at least 4 members (excludes halogenated alkanes) is 1. The van der Waals surface area contributed by atoms with E-state index in [2.05, 4.69) is 88.3 Å². The number of halogens is 1. The van der Waals surface area contributed by atoms with E-state index in [9.17, 15) is 32.6 Å². The van der Waals surface area contributed by atoms with Gasteiger partial charge in [-0.15, -0.1) is 0 Å². The molecule has 0 radical (unpaired) electrons. The number of aromatic nitrogens is 2. The molecule has 14 heteroatoms. The fraction of sp³-hybridized carbons (Fsp3) is 0.478. The summed E-state index contributed by atoms with van der Waals surface area (Å²) in [6, 6.07) is 5.56. The zero-order valence-electron chi connectivity index (χ0n) is 35.9. The van der Waals surface area contributed by atoms with Crippen LogP contribution in [0.3, 0.4) is 0 Å². The minimum Gasteiger partial charge on any atom is -0.392 e. The topological polar surface area (TPSA) is 171 Å². The maximum absolute atomic E-state index is 13.8. The van der Waals surface area contributed by atoms with Crippen LogP contribution in [0.15, 0.2) is 91.1 Å². The molecule has 1 aromatic carbocycles. The van der Waals surface area contributed by atoms with Gasteiger partial charge in [-0.2, -0.15) is 0 Å². The lowest BCUT2D eigenvalue weighted by Crippen LogP contribution is -2.32. The maximum atomic E-state index is 13.8. The van der Waals surface area contributed by atoms with Gasteiger partial charge >= 0.3 is 0 Å². The first-order valence-electron chi connectivity index (χ1n) is 20.7. The molecular weight excluding hydrogens is 786 g/mol. The van der Waals surface area contributed by atoms with E-state index in [1.165, 1.54) is 37.4 Å². The van der Waals surface area contributed by atoms with Gasteiger partial charge in [-0.05, 0) is 75.1 Å². The molecule has 2 aromatic rings. The Kier molecular flexibility index (Phi) is 25.2. The molecule has 4 N–H and O–H groups in total. The molecule has 0 aliphatic carbocycles. The molecule has 0 aliphatic heterocycles. The van der Waals surface area contributed by atoms with Crippen molar-refractivity contribution in [1.29, 1.82) is 0 Å². The van der Waals surface area contributed by atoms with Crippen LogP contribution in [0.5, 0.6) is 0 Å². The number of hydrogen-bond donors (Lipinski definition) is 4. The van der Waals surface area contributed by atoms with E-state index < -0.39 is 34.0 Å². The Bertz CT molecular complexity index is 1880. The number of ether oxygens (including phenoxy) is 1. The third-order valence-electron chi connectivity index (χ3n) is 8.90. The predicted octanol–water partition coefficient (Wildman–Crippen LogP) is 7.49. The molecule has 0 unspecified atom stereocenters. The first-order valence-corrected chi connectivity index (χ1v) is 22.6. The standard InChI is InChI=1S/C46H66FN5O7S/c1-6-7-8-9-10-11-12-13-14-15-16-17-18-19-20-21-22-23-42(55)48-30-32-59-33-31-49-43(56)35-40(54)34-39(53)28-29-41-44(36(2)3)50-46(52(4)60(5,57)58)51-45(41)37-24-26-38(47)27-25-37/h7-8,10-11,13-14,16-17,19-20,24-29,36,39-40,53-54H,6,9,12,15,18,21-23,30-35H2,1-5H3,(H,48,55)(H,49,56)/t39-,40-/m1/s1. The number of aliphatic hydroxyl groups is 2. The highest BCUT2D eigenvalue weighted by Gasteiger charge is 2.23. The monoisotopic (exact) mass is 851 g/mol. The van der Waals surface area contributed by atoms with Crippen molar-refractivity contribution in [1.82, 2.24) is 20.6 Å². The number of aliphatic hydroxyl groups excluding tert-OH is 2. The van der Waals surface area contributed by atoms with Crippen LogP contribution in [-0.2, 0) is 24.3 Å². The molecule has 0 fully saturated rings. The lowest BCUT2D eigenvalue weighted by molar-refractivity contribution is -0.123. The van der Waals surface area contributed by atoms with Crippen LogP contribution in [0.1, 0.15) is 102 Å². The summed E-state index contributed by atoms with van der Waals surface area (Å²) < 4.78 is 44.8. The Morgan fingerprint density at radius 1 is 0.850 bits per heavy atom. The first kappa shape index (κ1) is 51.4. The zero-order chi connectivity index (χ0) is 44.2. The van der Waals surface area contributed by atoms with E-state index in [1.807, 2.05) is 13.8 Å². The van der Waals surface area contributed by atoms with Gasteiger partial charge in [-0.25, -0.2) is 27.1 Å². The van der Waals surface area contributed by atoms with E-state index in [4.69, 9.17) is 4.74 Å². The Labute approximate surface area is 357 Å². The van der Waals surface area contributed by atoms with Crippen molar-refractivity contribution in [3.8, 4) is 11.3 Å². The number of amides is 2. The van der Waals surface area contributed by atoms with Gasteiger partial charge in [0.2, 0.25) is 27.8 Å². The highest BCUT2D eigenvalue weighted by Crippen LogP contribution is 2.32. The molecule has 2 atom stereocenters. The summed E-state index contributed by atoms with van der Waals surface area (Å²) in [6.45, 7) is 6.97. The Hall–Kier alpha value is -4.76. The number of rotatable bonds is 29. The number of nitrogens with zero attached hydrogens (tertiary/aromatic N) is 3. The van der Waals surface area contributed by atoms with Gasteiger partial charge < -0.3 is 25.6 Å². The predicted molar refractivity (Wildman–Crippen MR) is 240 cm³/mol. The van der Waals surface area contributed by atoms with E-state index in [0.29, 0.717) is 42.1 Å². The van der Waals surface area contributed by atoms with E-state index in [-0.39, 0.29) is 43.8 Å². The SMILES string of the molecule is CCC=CCC=CCC=CCC=CCC=CCCCC(=O)NCCOCCNC(=O)C[C@H](O)C[C@H](O)C=Cc1c(-c2ccc(F)cc2)nc(N(C)S(C)(=O)=O)nc1C(C)C. The lowest BCUT2D eigenvalue weighted by Gasteiger charge is -2.20. The second-order valence-corrected chi connectivity index (χ2v) is 16.5. The van der Waals surface area contributed by atoms with Gasteiger partial charge in [0.1, 0.15) is 5.82 Å². The highest BCUT2D eigenvalue weighted by atomic mass is 32.2. The van der Waals surface area contributed by atoms with Gasteiger partial charge in [0.15, 0.2) is 0 Å². The van der Waals surface area contributed by atoms with Crippen LogP contribution in [0.4, 0.5) is 10.3 Å². The van der Waals surface area contributed by atoms with E-state index in [1.54, 1.807) is 6.08 Å². The third-order valence-corrected chi connectivity index (χ3v) is 10.1. The summed E-state index contributed by atoms with van der Waals surface area (Å²) in [6.07, 6.45) is 29.8. The largest absolute Gasteiger partial charge is 0.392 e. The van der Waals surface area contributed by atoms with Crippen LogP contribution in [0.2, 0.25) is 0 Å². The average Bonchev–Trinajstić information content (AvgIpc) is 3.20. The van der Waals surface area contributed by atoms with Crippen LogP contribution in [-0.4, -0.2) is 92.2 Å². The molecule has 12 nitrogen and oxygen atoms in total. The molecule has 0 saturated carbocycles. The third kappa shape index (κ3) is 22.0. The normalized spacial score (nSPS) is 13.6. The molecule has 60 heavy (non-hydrogen) atoms. The van der Waals surface area contributed by atoms with Crippen molar-refractivity contribution in [2.45, 2.75) is 103 Å². The fourth-order valence-corrected chi connectivity index (χ4v) is 5.97.